The quantitative estimate of drug-likeness (QED) is 0.625. The van der Waals surface area contributed by atoms with Crippen LogP contribution >= 0.6 is 23.2 Å². The fourth-order valence-electron chi connectivity index (χ4n) is 2.44. The highest BCUT2D eigenvalue weighted by molar-refractivity contribution is 6.42. The SMILES string of the molecule is CCOC=Cc1nn(C)c2c(=O)[nH]c(NCc3ccc(Cl)c(Cl)c3)nc12. The smallest absolute Gasteiger partial charge is 0.278 e. The van der Waals surface area contributed by atoms with E-state index in [9.17, 15) is 4.79 Å². The molecule has 9 heteroatoms. The number of H-pyrrole nitrogens is 1. The third-order valence-corrected chi connectivity index (χ3v) is 4.39. The summed E-state index contributed by atoms with van der Waals surface area (Å²) in [5, 5.41) is 8.36. The van der Waals surface area contributed by atoms with Gasteiger partial charge in [0, 0.05) is 19.7 Å². The van der Waals surface area contributed by atoms with Crippen molar-refractivity contribution in [1.82, 2.24) is 19.7 Å². The van der Waals surface area contributed by atoms with E-state index in [1.165, 1.54) is 10.9 Å². The first kappa shape index (κ1) is 18.3. The maximum Gasteiger partial charge on any atom is 0.278 e. The van der Waals surface area contributed by atoms with Crippen molar-refractivity contribution in [3.05, 3.63) is 56.1 Å². The molecular formula is C17H17Cl2N5O2. The van der Waals surface area contributed by atoms with Gasteiger partial charge in [0.25, 0.3) is 5.56 Å². The predicted molar refractivity (Wildman–Crippen MR) is 104 cm³/mol. The molecule has 1 aromatic carbocycles. The van der Waals surface area contributed by atoms with Crippen LogP contribution < -0.4 is 10.9 Å². The molecule has 2 N–H and O–H groups in total. The summed E-state index contributed by atoms with van der Waals surface area (Å²) in [5.74, 6) is 0.340. The minimum absolute atomic E-state index is 0.280. The van der Waals surface area contributed by atoms with Crippen LogP contribution in [-0.4, -0.2) is 26.4 Å². The van der Waals surface area contributed by atoms with Gasteiger partial charge in [0.2, 0.25) is 5.95 Å². The fraction of sp³-hybridized carbons (Fsp3) is 0.235. The van der Waals surface area contributed by atoms with Crippen molar-refractivity contribution in [3.63, 3.8) is 0 Å². The molecule has 0 fully saturated rings. The highest BCUT2D eigenvalue weighted by Crippen LogP contribution is 2.23. The van der Waals surface area contributed by atoms with E-state index in [4.69, 9.17) is 27.9 Å². The van der Waals surface area contributed by atoms with Gasteiger partial charge in [0.1, 0.15) is 11.2 Å². The van der Waals surface area contributed by atoms with E-state index in [2.05, 4.69) is 20.4 Å². The Morgan fingerprint density at radius 3 is 2.88 bits per heavy atom. The summed E-state index contributed by atoms with van der Waals surface area (Å²) in [6, 6.07) is 5.32. The van der Waals surface area contributed by atoms with Gasteiger partial charge in [-0.2, -0.15) is 5.10 Å². The maximum absolute atomic E-state index is 12.4. The minimum atomic E-state index is -0.280. The second kappa shape index (κ2) is 7.80. The second-order valence-electron chi connectivity index (χ2n) is 5.48. The van der Waals surface area contributed by atoms with E-state index in [-0.39, 0.29) is 5.56 Å². The van der Waals surface area contributed by atoms with Gasteiger partial charge in [-0.15, -0.1) is 0 Å². The van der Waals surface area contributed by atoms with Crippen LogP contribution in [0.4, 0.5) is 5.95 Å². The molecule has 0 aliphatic heterocycles. The molecule has 3 rings (SSSR count). The van der Waals surface area contributed by atoms with Crippen molar-refractivity contribution < 1.29 is 4.74 Å². The molecule has 0 spiro atoms. The van der Waals surface area contributed by atoms with E-state index < -0.39 is 0 Å². The van der Waals surface area contributed by atoms with E-state index in [1.54, 1.807) is 25.3 Å². The summed E-state index contributed by atoms with van der Waals surface area (Å²) < 4.78 is 6.70. The molecule has 0 aliphatic carbocycles. The lowest BCUT2D eigenvalue weighted by molar-refractivity contribution is 0.272. The van der Waals surface area contributed by atoms with Gasteiger partial charge < -0.3 is 10.1 Å². The zero-order chi connectivity index (χ0) is 18.7. The molecule has 0 saturated carbocycles. The number of aromatic amines is 1. The van der Waals surface area contributed by atoms with Crippen LogP contribution in [0.3, 0.4) is 0 Å². The number of aromatic nitrogens is 4. The summed E-state index contributed by atoms with van der Waals surface area (Å²) in [5.41, 5.74) is 2.06. The average Bonchev–Trinajstić information content (AvgIpc) is 2.92. The van der Waals surface area contributed by atoms with E-state index >= 15 is 0 Å². The lowest BCUT2D eigenvalue weighted by Crippen LogP contribution is -2.15. The lowest BCUT2D eigenvalue weighted by Gasteiger charge is -2.07. The molecule has 0 aliphatic rings. The molecule has 0 radical (unpaired) electrons. The molecule has 0 atom stereocenters. The van der Waals surface area contributed by atoms with Crippen LogP contribution in [-0.2, 0) is 18.3 Å². The Labute approximate surface area is 159 Å². The molecule has 136 valence electrons. The Bertz CT molecular complexity index is 1030. The summed E-state index contributed by atoms with van der Waals surface area (Å²) in [6.45, 7) is 2.86. The van der Waals surface area contributed by atoms with Gasteiger partial charge in [-0.3, -0.25) is 14.5 Å². The lowest BCUT2D eigenvalue weighted by atomic mass is 10.2. The Morgan fingerprint density at radius 2 is 2.15 bits per heavy atom. The number of nitrogens with one attached hydrogen (secondary N) is 2. The summed E-state index contributed by atoms with van der Waals surface area (Å²) in [4.78, 5) is 19.6. The van der Waals surface area contributed by atoms with Crippen LogP contribution in [0.15, 0.2) is 29.3 Å². The molecule has 0 unspecified atom stereocenters. The van der Waals surface area contributed by atoms with Gasteiger partial charge in [0.15, 0.2) is 5.52 Å². The van der Waals surface area contributed by atoms with Crippen molar-refractivity contribution in [2.24, 2.45) is 7.05 Å². The van der Waals surface area contributed by atoms with Crippen molar-refractivity contribution in [3.8, 4) is 0 Å². The normalized spacial score (nSPS) is 11.4. The predicted octanol–water partition coefficient (Wildman–Crippen LogP) is 3.58. The number of fused-ring (bicyclic) bond motifs is 1. The zero-order valence-electron chi connectivity index (χ0n) is 14.2. The third kappa shape index (κ3) is 3.84. The zero-order valence-corrected chi connectivity index (χ0v) is 15.7. The monoisotopic (exact) mass is 393 g/mol. The summed E-state index contributed by atoms with van der Waals surface area (Å²) >= 11 is 11.9. The minimum Gasteiger partial charge on any atom is -0.501 e. The van der Waals surface area contributed by atoms with Crippen molar-refractivity contribution in [1.29, 1.82) is 0 Å². The van der Waals surface area contributed by atoms with Crippen LogP contribution in [0.1, 0.15) is 18.2 Å². The van der Waals surface area contributed by atoms with Crippen molar-refractivity contribution in [2.45, 2.75) is 13.5 Å². The number of hydrogen-bond acceptors (Lipinski definition) is 5. The molecule has 26 heavy (non-hydrogen) atoms. The second-order valence-corrected chi connectivity index (χ2v) is 6.30. The Balaban J connectivity index is 1.90. The molecule has 2 heterocycles. The van der Waals surface area contributed by atoms with Crippen LogP contribution in [0.2, 0.25) is 10.0 Å². The number of nitrogens with zero attached hydrogens (tertiary/aromatic N) is 3. The summed E-state index contributed by atoms with van der Waals surface area (Å²) in [6.07, 6.45) is 3.22. The average molecular weight is 394 g/mol. The highest BCUT2D eigenvalue weighted by atomic mass is 35.5. The van der Waals surface area contributed by atoms with Crippen molar-refractivity contribution in [2.75, 3.05) is 11.9 Å². The first-order valence-corrected chi connectivity index (χ1v) is 8.68. The van der Waals surface area contributed by atoms with Gasteiger partial charge in [-0.05, 0) is 24.6 Å². The molecule has 3 aromatic rings. The summed E-state index contributed by atoms with van der Waals surface area (Å²) in [7, 11) is 1.69. The number of benzene rings is 1. The number of hydrogen-bond donors (Lipinski definition) is 2. The molecule has 7 nitrogen and oxygen atoms in total. The first-order valence-electron chi connectivity index (χ1n) is 7.92. The number of anilines is 1. The van der Waals surface area contributed by atoms with E-state index in [0.717, 1.165) is 5.56 Å². The van der Waals surface area contributed by atoms with Gasteiger partial charge in [-0.1, -0.05) is 29.3 Å². The Hall–Kier alpha value is -2.51. The van der Waals surface area contributed by atoms with Gasteiger partial charge in [0.05, 0.1) is 22.9 Å². The van der Waals surface area contributed by atoms with Gasteiger partial charge in [-0.25, -0.2) is 4.98 Å². The first-order chi connectivity index (χ1) is 12.5. The highest BCUT2D eigenvalue weighted by Gasteiger charge is 2.13. The largest absolute Gasteiger partial charge is 0.501 e. The van der Waals surface area contributed by atoms with Crippen LogP contribution in [0.5, 0.6) is 0 Å². The van der Waals surface area contributed by atoms with Crippen LogP contribution in [0.25, 0.3) is 17.1 Å². The number of aryl methyl sites for hydroxylation is 1. The Kier molecular flexibility index (Phi) is 5.49. The molecule has 0 bridgehead atoms. The number of ether oxygens (including phenoxy) is 1. The van der Waals surface area contributed by atoms with E-state index in [1.807, 2.05) is 13.0 Å². The standard InChI is InChI=1S/C17H17Cl2N5O2/c1-3-26-7-6-13-14-15(24(2)23-13)16(25)22-17(21-14)20-9-10-4-5-11(18)12(19)8-10/h4-8H,3,9H2,1-2H3,(H2,20,21,22,25). The molecule has 0 saturated heterocycles. The van der Waals surface area contributed by atoms with Gasteiger partial charge >= 0.3 is 0 Å². The fourth-order valence-corrected chi connectivity index (χ4v) is 2.77. The Morgan fingerprint density at radius 1 is 1.35 bits per heavy atom. The van der Waals surface area contributed by atoms with Crippen molar-refractivity contribution >= 4 is 46.3 Å². The number of halogens is 2. The molecule has 0 amide bonds. The van der Waals surface area contributed by atoms with Crippen LogP contribution in [0, 0.1) is 0 Å². The molecule has 2 aromatic heterocycles. The number of rotatable bonds is 6. The topological polar surface area (TPSA) is 84.8 Å². The van der Waals surface area contributed by atoms with E-state index in [0.29, 0.717) is 45.9 Å². The maximum atomic E-state index is 12.4. The molecular weight excluding hydrogens is 377 g/mol. The third-order valence-electron chi connectivity index (χ3n) is 3.65.